The maximum atomic E-state index is 12.3. The lowest BCUT2D eigenvalue weighted by molar-refractivity contribution is 0.101. The Balaban J connectivity index is 2.39. The third kappa shape index (κ3) is 2.92. The topological polar surface area (TPSA) is 104 Å². The molecule has 20 heavy (non-hydrogen) atoms. The van der Waals surface area contributed by atoms with Crippen molar-refractivity contribution < 1.29 is 13.9 Å². The Hall–Kier alpha value is -2.47. The minimum Gasteiger partial charge on any atom is -0.496 e. The van der Waals surface area contributed by atoms with Crippen LogP contribution in [0.25, 0.3) is 0 Å². The van der Waals surface area contributed by atoms with Crippen LogP contribution in [0.15, 0.2) is 39.7 Å². The van der Waals surface area contributed by atoms with Gasteiger partial charge in [0.05, 0.1) is 12.7 Å². The summed E-state index contributed by atoms with van der Waals surface area (Å²) < 4.78 is 10.4. The fourth-order valence-electron chi connectivity index (χ4n) is 1.63. The molecule has 7 heteroatoms. The van der Waals surface area contributed by atoms with Gasteiger partial charge in [-0.15, -0.1) is 0 Å². The van der Waals surface area contributed by atoms with Crippen molar-refractivity contribution in [1.82, 2.24) is 0 Å². The maximum absolute atomic E-state index is 12.3. The molecule has 0 aliphatic heterocycles. The SMILES string of the molecule is COc1ccc(Cl)cc1C(=O)c1ccc(N=C(N)N)o1. The van der Waals surface area contributed by atoms with Crippen LogP contribution >= 0.6 is 11.6 Å². The molecule has 4 N–H and O–H groups in total. The van der Waals surface area contributed by atoms with Gasteiger partial charge in [-0.1, -0.05) is 11.6 Å². The number of carbonyl (C=O) groups excluding carboxylic acids is 1. The van der Waals surface area contributed by atoms with E-state index in [1.54, 1.807) is 12.1 Å². The van der Waals surface area contributed by atoms with Crippen molar-refractivity contribution in [2.45, 2.75) is 0 Å². The molecule has 0 unspecified atom stereocenters. The number of hydrogen-bond acceptors (Lipinski definition) is 4. The van der Waals surface area contributed by atoms with Crippen molar-refractivity contribution in [1.29, 1.82) is 0 Å². The summed E-state index contributed by atoms with van der Waals surface area (Å²) in [6.07, 6.45) is 0. The number of nitrogens with zero attached hydrogens (tertiary/aromatic N) is 1. The van der Waals surface area contributed by atoms with E-state index in [1.165, 1.54) is 25.3 Å². The first-order valence-electron chi connectivity index (χ1n) is 5.59. The number of nitrogens with two attached hydrogens (primary N) is 2. The van der Waals surface area contributed by atoms with Crippen molar-refractivity contribution in [3.8, 4) is 5.75 Å². The van der Waals surface area contributed by atoms with Crippen molar-refractivity contribution in [2.75, 3.05) is 7.11 Å². The first kappa shape index (κ1) is 14.0. The minimum atomic E-state index is -0.374. The Morgan fingerprint density at radius 2 is 2.05 bits per heavy atom. The summed E-state index contributed by atoms with van der Waals surface area (Å²) >= 11 is 5.89. The summed E-state index contributed by atoms with van der Waals surface area (Å²) in [5.41, 5.74) is 10.8. The monoisotopic (exact) mass is 293 g/mol. The van der Waals surface area contributed by atoms with Gasteiger partial charge in [0, 0.05) is 11.1 Å². The van der Waals surface area contributed by atoms with Gasteiger partial charge < -0.3 is 20.6 Å². The van der Waals surface area contributed by atoms with Gasteiger partial charge in [-0.3, -0.25) is 4.79 Å². The molecule has 104 valence electrons. The second kappa shape index (κ2) is 5.66. The van der Waals surface area contributed by atoms with Gasteiger partial charge >= 0.3 is 0 Å². The van der Waals surface area contributed by atoms with Crippen molar-refractivity contribution in [2.24, 2.45) is 16.5 Å². The van der Waals surface area contributed by atoms with E-state index in [0.717, 1.165) is 0 Å². The van der Waals surface area contributed by atoms with Crippen LogP contribution in [0.3, 0.4) is 0 Å². The van der Waals surface area contributed by atoms with Gasteiger partial charge in [-0.05, 0) is 24.3 Å². The summed E-state index contributed by atoms with van der Waals surface area (Å²) in [4.78, 5) is 16.0. The van der Waals surface area contributed by atoms with Crippen LogP contribution in [0.4, 0.5) is 5.88 Å². The van der Waals surface area contributed by atoms with Gasteiger partial charge in [0.25, 0.3) is 0 Å². The molecule has 0 aliphatic carbocycles. The molecule has 1 aromatic carbocycles. The molecule has 0 saturated heterocycles. The molecule has 1 heterocycles. The average molecular weight is 294 g/mol. The maximum Gasteiger partial charge on any atom is 0.232 e. The van der Waals surface area contributed by atoms with Crippen molar-refractivity contribution in [3.05, 3.63) is 46.7 Å². The molecular formula is C13H12ClN3O3. The van der Waals surface area contributed by atoms with Gasteiger partial charge in [-0.2, -0.15) is 4.99 Å². The van der Waals surface area contributed by atoms with Crippen molar-refractivity contribution >= 4 is 29.2 Å². The molecule has 0 bridgehead atoms. The number of rotatable bonds is 4. The predicted octanol–water partition coefficient (Wildman–Crippen LogP) is 2.08. The number of carbonyl (C=O) groups is 1. The predicted molar refractivity (Wildman–Crippen MR) is 75.6 cm³/mol. The zero-order valence-corrected chi connectivity index (χ0v) is 11.3. The fourth-order valence-corrected chi connectivity index (χ4v) is 1.80. The van der Waals surface area contributed by atoms with Crippen LogP contribution in [0.2, 0.25) is 5.02 Å². The minimum absolute atomic E-state index is 0.0885. The third-order valence-corrected chi connectivity index (χ3v) is 2.70. The normalized spacial score (nSPS) is 10.1. The summed E-state index contributed by atoms with van der Waals surface area (Å²) in [5.74, 6) is 0.110. The van der Waals surface area contributed by atoms with Crippen LogP contribution in [0, 0.1) is 0 Å². The lowest BCUT2D eigenvalue weighted by atomic mass is 10.1. The number of ether oxygens (including phenoxy) is 1. The van der Waals surface area contributed by atoms with Crippen molar-refractivity contribution in [3.63, 3.8) is 0 Å². The number of furan rings is 1. The highest BCUT2D eigenvalue weighted by Crippen LogP contribution is 2.27. The molecular weight excluding hydrogens is 282 g/mol. The number of benzene rings is 1. The fraction of sp³-hybridized carbons (Fsp3) is 0.0769. The number of aliphatic imine (C=N–C) groups is 1. The summed E-state index contributed by atoms with van der Waals surface area (Å²) in [7, 11) is 1.47. The lowest BCUT2D eigenvalue weighted by Gasteiger charge is -2.06. The quantitative estimate of drug-likeness (QED) is 0.510. The molecule has 2 aromatic rings. The van der Waals surface area contributed by atoms with E-state index in [9.17, 15) is 4.79 Å². The van der Waals surface area contributed by atoms with E-state index in [1.807, 2.05) is 0 Å². The van der Waals surface area contributed by atoms with E-state index in [2.05, 4.69) is 4.99 Å². The zero-order chi connectivity index (χ0) is 14.7. The Bertz CT molecular complexity index is 675. The van der Waals surface area contributed by atoms with Gasteiger partial charge in [0.1, 0.15) is 5.75 Å². The molecule has 0 amide bonds. The Labute approximate surface area is 120 Å². The Morgan fingerprint density at radius 1 is 1.30 bits per heavy atom. The highest BCUT2D eigenvalue weighted by atomic mass is 35.5. The van der Waals surface area contributed by atoms with Crippen LogP contribution < -0.4 is 16.2 Å². The Kier molecular flexibility index (Phi) is 3.95. The molecule has 0 saturated carbocycles. The second-order valence-electron chi connectivity index (χ2n) is 3.85. The zero-order valence-electron chi connectivity index (χ0n) is 10.6. The standard InChI is InChI=1S/C13H12ClN3O3/c1-19-9-3-2-7(14)6-8(9)12(18)10-4-5-11(20-10)17-13(15)16/h2-6H,1H3,(H4,15,16,17). The van der Waals surface area contributed by atoms with E-state index in [4.69, 9.17) is 32.2 Å². The largest absolute Gasteiger partial charge is 0.496 e. The van der Waals surface area contributed by atoms with E-state index in [-0.39, 0.29) is 23.4 Å². The summed E-state index contributed by atoms with van der Waals surface area (Å²) in [6.45, 7) is 0. The van der Waals surface area contributed by atoms with E-state index >= 15 is 0 Å². The molecule has 2 rings (SSSR count). The summed E-state index contributed by atoms with van der Waals surface area (Å²) in [5, 5.41) is 0.421. The smallest absolute Gasteiger partial charge is 0.232 e. The lowest BCUT2D eigenvalue weighted by Crippen LogP contribution is -2.21. The van der Waals surface area contributed by atoms with Crippen LogP contribution in [0.1, 0.15) is 16.1 Å². The third-order valence-electron chi connectivity index (χ3n) is 2.46. The highest BCUT2D eigenvalue weighted by molar-refractivity contribution is 6.31. The van der Waals surface area contributed by atoms with Gasteiger partial charge in [0.2, 0.25) is 11.7 Å². The number of halogens is 1. The number of methoxy groups -OCH3 is 1. The second-order valence-corrected chi connectivity index (χ2v) is 4.28. The van der Waals surface area contributed by atoms with Gasteiger partial charge in [0.15, 0.2) is 11.7 Å². The number of hydrogen-bond donors (Lipinski definition) is 2. The Morgan fingerprint density at radius 3 is 2.70 bits per heavy atom. The molecule has 1 aromatic heterocycles. The first-order chi connectivity index (χ1) is 9.51. The van der Waals surface area contributed by atoms with Crippen LogP contribution in [-0.2, 0) is 0 Å². The molecule has 0 radical (unpaired) electrons. The van der Waals surface area contributed by atoms with E-state index < -0.39 is 0 Å². The number of guanidine groups is 1. The molecule has 0 atom stereocenters. The van der Waals surface area contributed by atoms with Crippen LogP contribution in [-0.4, -0.2) is 18.9 Å². The molecule has 6 nitrogen and oxygen atoms in total. The molecule has 0 fully saturated rings. The highest BCUT2D eigenvalue weighted by Gasteiger charge is 2.18. The molecule has 0 aliphatic rings. The van der Waals surface area contributed by atoms with Gasteiger partial charge in [-0.25, -0.2) is 0 Å². The molecule has 0 spiro atoms. The van der Waals surface area contributed by atoms with E-state index in [0.29, 0.717) is 16.3 Å². The number of ketones is 1. The summed E-state index contributed by atoms with van der Waals surface area (Å²) in [6, 6.07) is 7.71. The average Bonchev–Trinajstić information content (AvgIpc) is 2.85. The first-order valence-corrected chi connectivity index (χ1v) is 5.96. The van der Waals surface area contributed by atoms with Crippen LogP contribution in [0.5, 0.6) is 5.75 Å².